The van der Waals surface area contributed by atoms with Gasteiger partial charge >= 0.3 is 0 Å². The lowest BCUT2D eigenvalue weighted by atomic mass is 9.96. The normalized spacial score (nSPS) is 21.2. The molecule has 0 spiro atoms. The summed E-state index contributed by atoms with van der Waals surface area (Å²) in [5.41, 5.74) is 0.962. The molecule has 2 aliphatic rings. The SMILES string of the molecule is O=C(Nc1nnc(Cc2ccc(F)cc2)s1)C1CN(C2CCOC2)C1. The second-order valence-electron chi connectivity index (χ2n) is 6.46. The van der Waals surface area contributed by atoms with Crippen LogP contribution >= 0.6 is 11.3 Å². The van der Waals surface area contributed by atoms with Crippen LogP contribution < -0.4 is 5.32 Å². The molecule has 1 aromatic heterocycles. The van der Waals surface area contributed by atoms with E-state index in [0.29, 0.717) is 17.6 Å². The molecule has 2 saturated heterocycles. The quantitative estimate of drug-likeness (QED) is 0.880. The molecule has 2 aromatic rings. The van der Waals surface area contributed by atoms with Gasteiger partial charge in [0.25, 0.3) is 0 Å². The first kappa shape index (κ1) is 16.6. The van der Waals surface area contributed by atoms with Gasteiger partial charge in [0, 0.05) is 32.2 Å². The van der Waals surface area contributed by atoms with Crippen molar-refractivity contribution in [1.82, 2.24) is 15.1 Å². The fourth-order valence-corrected chi connectivity index (χ4v) is 3.92. The van der Waals surface area contributed by atoms with E-state index in [4.69, 9.17) is 4.74 Å². The number of hydrogen-bond acceptors (Lipinski definition) is 6. The van der Waals surface area contributed by atoms with Crippen LogP contribution in [0, 0.1) is 11.7 Å². The minimum atomic E-state index is -0.257. The zero-order valence-corrected chi connectivity index (χ0v) is 14.5. The largest absolute Gasteiger partial charge is 0.380 e. The first-order valence-electron chi connectivity index (χ1n) is 8.37. The highest BCUT2D eigenvalue weighted by atomic mass is 32.1. The van der Waals surface area contributed by atoms with E-state index in [1.54, 1.807) is 12.1 Å². The molecule has 0 radical (unpaired) electrons. The van der Waals surface area contributed by atoms with Crippen molar-refractivity contribution in [2.24, 2.45) is 5.92 Å². The summed E-state index contributed by atoms with van der Waals surface area (Å²) in [4.78, 5) is 14.6. The zero-order valence-electron chi connectivity index (χ0n) is 13.7. The van der Waals surface area contributed by atoms with E-state index >= 15 is 0 Å². The summed E-state index contributed by atoms with van der Waals surface area (Å²) in [7, 11) is 0. The topological polar surface area (TPSA) is 67.4 Å². The number of carbonyl (C=O) groups excluding carboxylic acids is 1. The van der Waals surface area contributed by atoms with Crippen LogP contribution in [0.5, 0.6) is 0 Å². The molecular weight excluding hydrogens is 343 g/mol. The molecule has 2 fully saturated rings. The average Bonchev–Trinajstić information content (AvgIpc) is 3.21. The van der Waals surface area contributed by atoms with Crippen LogP contribution in [0.15, 0.2) is 24.3 Å². The van der Waals surface area contributed by atoms with Gasteiger partial charge in [0.05, 0.1) is 12.5 Å². The number of ether oxygens (including phenoxy) is 1. The van der Waals surface area contributed by atoms with E-state index in [9.17, 15) is 9.18 Å². The van der Waals surface area contributed by atoms with Crippen LogP contribution in [0.3, 0.4) is 0 Å². The van der Waals surface area contributed by atoms with Crippen LogP contribution in [0.1, 0.15) is 17.0 Å². The molecule has 25 heavy (non-hydrogen) atoms. The summed E-state index contributed by atoms with van der Waals surface area (Å²) < 4.78 is 18.3. The number of aromatic nitrogens is 2. The highest BCUT2D eigenvalue weighted by Gasteiger charge is 2.38. The van der Waals surface area contributed by atoms with E-state index in [1.165, 1.54) is 23.5 Å². The Hall–Kier alpha value is -1.90. The number of nitrogens with one attached hydrogen (secondary N) is 1. The molecule has 0 aliphatic carbocycles. The van der Waals surface area contributed by atoms with Crippen molar-refractivity contribution >= 4 is 22.4 Å². The lowest BCUT2D eigenvalue weighted by Gasteiger charge is -2.41. The third kappa shape index (κ3) is 3.86. The number of hydrogen-bond donors (Lipinski definition) is 1. The van der Waals surface area contributed by atoms with Gasteiger partial charge in [0.1, 0.15) is 10.8 Å². The van der Waals surface area contributed by atoms with Crippen molar-refractivity contribution in [3.63, 3.8) is 0 Å². The predicted octanol–water partition coefficient (Wildman–Crippen LogP) is 1.93. The van der Waals surface area contributed by atoms with Crippen LogP contribution in [0.2, 0.25) is 0 Å². The van der Waals surface area contributed by atoms with Gasteiger partial charge in [-0.1, -0.05) is 23.5 Å². The molecular formula is C17H19FN4O2S. The molecule has 132 valence electrons. The molecule has 0 saturated carbocycles. The molecule has 2 aliphatic heterocycles. The Morgan fingerprint density at radius 3 is 2.84 bits per heavy atom. The second-order valence-corrected chi connectivity index (χ2v) is 7.52. The van der Waals surface area contributed by atoms with E-state index < -0.39 is 0 Å². The van der Waals surface area contributed by atoms with Gasteiger partial charge in [0.15, 0.2) is 0 Å². The van der Waals surface area contributed by atoms with E-state index in [-0.39, 0.29) is 17.6 Å². The Morgan fingerprint density at radius 2 is 2.12 bits per heavy atom. The van der Waals surface area contributed by atoms with Crippen molar-refractivity contribution < 1.29 is 13.9 Å². The summed E-state index contributed by atoms with van der Waals surface area (Å²) in [6, 6.07) is 6.77. The number of likely N-dealkylation sites (tertiary alicyclic amines) is 1. The Morgan fingerprint density at radius 1 is 1.32 bits per heavy atom. The molecule has 1 aromatic carbocycles. The average molecular weight is 362 g/mol. The van der Waals surface area contributed by atoms with Crippen LogP contribution in [-0.4, -0.2) is 53.3 Å². The molecule has 1 amide bonds. The Balaban J connectivity index is 1.28. The second kappa shape index (κ2) is 7.15. The zero-order chi connectivity index (χ0) is 17.2. The standard InChI is InChI=1S/C17H19FN4O2S/c18-13-3-1-11(2-4-13)7-15-20-21-17(25-15)19-16(23)12-8-22(9-12)14-5-6-24-10-14/h1-4,12,14H,5-10H2,(H,19,21,23). The van der Waals surface area contributed by atoms with Gasteiger partial charge < -0.3 is 10.1 Å². The first-order valence-corrected chi connectivity index (χ1v) is 9.18. The summed E-state index contributed by atoms with van der Waals surface area (Å²) in [6.45, 7) is 3.15. The fraction of sp³-hybridized carbons (Fsp3) is 0.471. The van der Waals surface area contributed by atoms with Crippen molar-refractivity contribution in [2.45, 2.75) is 18.9 Å². The number of carbonyl (C=O) groups is 1. The summed E-state index contributed by atoms with van der Waals surface area (Å²) in [5.74, 6) is -0.252. The molecule has 1 atom stereocenters. The monoisotopic (exact) mass is 362 g/mol. The van der Waals surface area contributed by atoms with Gasteiger partial charge in [-0.3, -0.25) is 9.69 Å². The maximum absolute atomic E-state index is 12.9. The van der Waals surface area contributed by atoms with Crippen LogP contribution in [-0.2, 0) is 16.0 Å². The molecule has 4 rings (SSSR count). The van der Waals surface area contributed by atoms with Gasteiger partial charge in [-0.25, -0.2) is 4.39 Å². The van der Waals surface area contributed by atoms with Gasteiger partial charge in [-0.2, -0.15) is 0 Å². The Labute approximate surface area is 149 Å². The number of amides is 1. The minimum absolute atomic E-state index is 0.000326. The summed E-state index contributed by atoms with van der Waals surface area (Å²) >= 11 is 1.36. The summed E-state index contributed by atoms with van der Waals surface area (Å²) in [5, 5.41) is 12.3. The number of halogens is 1. The van der Waals surface area contributed by atoms with Crippen LogP contribution in [0.25, 0.3) is 0 Å². The Kier molecular flexibility index (Phi) is 4.74. The van der Waals surface area contributed by atoms with Crippen molar-refractivity contribution in [1.29, 1.82) is 0 Å². The molecule has 0 bridgehead atoms. The summed E-state index contributed by atoms with van der Waals surface area (Å²) in [6.07, 6.45) is 1.63. The molecule has 6 nitrogen and oxygen atoms in total. The maximum atomic E-state index is 12.9. The minimum Gasteiger partial charge on any atom is -0.380 e. The number of nitrogens with zero attached hydrogens (tertiary/aromatic N) is 3. The lowest BCUT2D eigenvalue weighted by Crippen LogP contribution is -2.56. The van der Waals surface area contributed by atoms with Gasteiger partial charge in [-0.15, -0.1) is 10.2 Å². The van der Waals surface area contributed by atoms with Crippen molar-refractivity contribution in [3.8, 4) is 0 Å². The maximum Gasteiger partial charge on any atom is 0.231 e. The number of rotatable bonds is 5. The number of benzene rings is 1. The third-order valence-corrected chi connectivity index (χ3v) is 5.51. The molecule has 3 heterocycles. The molecule has 1 unspecified atom stereocenters. The fourth-order valence-electron chi connectivity index (χ4n) is 3.15. The Bertz CT molecular complexity index is 739. The van der Waals surface area contributed by atoms with Crippen molar-refractivity contribution in [3.05, 3.63) is 40.7 Å². The first-order chi connectivity index (χ1) is 12.2. The highest BCUT2D eigenvalue weighted by molar-refractivity contribution is 7.15. The molecule has 8 heteroatoms. The highest BCUT2D eigenvalue weighted by Crippen LogP contribution is 2.25. The van der Waals surface area contributed by atoms with E-state index in [0.717, 1.165) is 43.3 Å². The van der Waals surface area contributed by atoms with E-state index in [2.05, 4.69) is 20.4 Å². The molecule has 1 N–H and O–H groups in total. The third-order valence-electron chi connectivity index (χ3n) is 4.67. The van der Waals surface area contributed by atoms with Crippen molar-refractivity contribution in [2.75, 3.05) is 31.6 Å². The van der Waals surface area contributed by atoms with Gasteiger partial charge in [-0.05, 0) is 24.1 Å². The van der Waals surface area contributed by atoms with E-state index in [1.807, 2.05) is 0 Å². The van der Waals surface area contributed by atoms with Gasteiger partial charge in [0.2, 0.25) is 11.0 Å². The predicted molar refractivity (Wildman–Crippen MR) is 92.0 cm³/mol. The lowest BCUT2D eigenvalue weighted by molar-refractivity contribution is -0.126. The van der Waals surface area contributed by atoms with Crippen LogP contribution in [0.4, 0.5) is 9.52 Å². The number of anilines is 1. The smallest absolute Gasteiger partial charge is 0.231 e.